The van der Waals surface area contributed by atoms with Crippen molar-refractivity contribution < 1.29 is 37.6 Å². The molecule has 0 rings (SSSR count). The molecule has 0 saturated heterocycles. The van der Waals surface area contributed by atoms with Crippen molar-refractivity contribution in [1.29, 1.82) is 0 Å². The maximum atomic E-state index is 12.5. The number of rotatable bonds is 35. The predicted octanol–water partition coefficient (Wildman–Crippen LogP) is 10.5. The molecule has 10 heteroatoms. The summed E-state index contributed by atoms with van der Waals surface area (Å²) in [5, 5.41) is 0. The van der Waals surface area contributed by atoms with Crippen LogP contribution in [0.1, 0.15) is 149 Å². The van der Waals surface area contributed by atoms with Gasteiger partial charge in [-0.1, -0.05) is 145 Å². The van der Waals surface area contributed by atoms with Gasteiger partial charge in [-0.3, -0.25) is 18.6 Å². The van der Waals surface area contributed by atoms with E-state index in [0.717, 1.165) is 51.4 Å². The van der Waals surface area contributed by atoms with E-state index in [1.54, 1.807) is 0 Å². The van der Waals surface area contributed by atoms with Gasteiger partial charge in [0, 0.05) is 19.4 Å². The van der Waals surface area contributed by atoms with Crippen molar-refractivity contribution in [1.82, 2.24) is 0 Å². The number of nitrogens with two attached hydrogens (primary N) is 1. The Kier molecular flexibility index (Phi) is 34.8. The second kappa shape index (κ2) is 36.5. The van der Waals surface area contributed by atoms with E-state index in [4.69, 9.17) is 24.3 Å². The molecule has 0 radical (unpaired) electrons. The van der Waals surface area contributed by atoms with Gasteiger partial charge in [0.05, 0.1) is 13.2 Å². The van der Waals surface area contributed by atoms with E-state index < -0.39 is 32.5 Å². The molecule has 0 spiro atoms. The van der Waals surface area contributed by atoms with Gasteiger partial charge in [-0.15, -0.1) is 0 Å². The molecule has 0 aliphatic heterocycles. The average Bonchev–Trinajstić information content (AvgIpc) is 3.10. The van der Waals surface area contributed by atoms with Gasteiger partial charge >= 0.3 is 19.8 Å². The molecule has 0 heterocycles. The molecule has 0 saturated carbocycles. The number of carbonyl (C=O) groups excluding carboxylic acids is 2. The average molecular weight is 724 g/mol. The molecule has 0 aromatic carbocycles. The molecule has 0 aromatic heterocycles. The number of hydrogen-bond acceptors (Lipinski definition) is 8. The van der Waals surface area contributed by atoms with E-state index in [-0.39, 0.29) is 32.6 Å². The summed E-state index contributed by atoms with van der Waals surface area (Å²) in [6.07, 6.45) is 41.1. The third kappa shape index (κ3) is 35.5. The fourth-order valence-electron chi connectivity index (χ4n) is 4.84. The molecule has 0 amide bonds. The standard InChI is InChI=1S/C40H70NO8P/c1-3-5-7-9-11-13-15-17-18-19-20-21-23-25-27-29-31-33-40(43)49-38(37-48-50(44,45)47-35-34-41)36-46-39(42)32-30-28-26-24-22-16-14-12-10-8-6-4-2/h5,7,11,13,17-18,20-21,25,27,38H,3-4,6,8-10,12,14-16,19,22-24,26,28-37,41H2,1-2H3,(H,44,45)/t38-/m1/s1. The van der Waals surface area contributed by atoms with Crippen LogP contribution in [-0.4, -0.2) is 49.3 Å². The summed E-state index contributed by atoms with van der Waals surface area (Å²) in [5.41, 5.74) is 5.33. The molecule has 0 aliphatic carbocycles. The quantitative estimate of drug-likeness (QED) is 0.0283. The maximum absolute atomic E-state index is 12.5. The highest BCUT2D eigenvalue weighted by molar-refractivity contribution is 7.47. The van der Waals surface area contributed by atoms with Crippen molar-refractivity contribution in [3.8, 4) is 0 Å². The number of phosphoric acid groups is 1. The van der Waals surface area contributed by atoms with Crippen LogP contribution in [0.2, 0.25) is 0 Å². The lowest BCUT2D eigenvalue weighted by molar-refractivity contribution is -0.161. The summed E-state index contributed by atoms with van der Waals surface area (Å²) in [6, 6.07) is 0. The van der Waals surface area contributed by atoms with Gasteiger partial charge in [0.2, 0.25) is 0 Å². The number of ether oxygens (including phenoxy) is 2. The van der Waals surface area contributed by atoms with Crippen LogP contribution in [0.4, 0.5) is 0 Å². The summed E-state index contributed by atoms with van der Waals surface area (Å²) in [7, 11) is -4.39. The Hall–Kier alpha value is -2.29. The zero-order chi connectivity index (χ0) is 36.8. The van der Waals surface area contributed by atoms with Crippen molar-refractivity contribution in [3.05, 3.63) is 60.8 Å². The Bertz CT molecular complexity index is 1010. The Morgan fingerprint density at radius 2 is 1.10 bits per heavy atom. The Morgan fingerprint density at radius 3 is 1.62 bits per heavy atom. The van der Waals surface area contributed by atoms with Crippen LogP contribution >= 0.6 is 7.82 Å². The molecule has 0 aromatic rings. The van der Waals surface area contributed by atoms with Crippen molar-refractivity contribution in [3.63, 3.8) is 0 Å². The highest BCUT2D eigenvalue weighted by atomic mass is 31.2. The van der Waals surface area contributed by atoms with Gasteiger partial charge in [-0.05, 0) is 51.4 Å². The molecule has 0 fully saturated rings. The lowest BCUT2D eigenvalue weighted by atomic mass is 10.0. The third-order valence-corrected chi connectivity index (χ3v) is 8.65. The Morgan fingerprint density at radius 1 is 0.620 bits per heavy atom. The van der Waals surface area contributed by atoms with Crippen molar-refractivity contribution in [2.45, 2.75) is 155 Å². The van der Waals surface area contributed by atoms with Crippen LogP contribution in [-0.2, 0) is 32.7 Å². The van der Waals surface area contributed by atoms with Gasteiger partial charge in [0.25, 0.3) is 0 Å². The number of esters is 2. The van der Waals surface area contributed by atoms with E-state index in [9.17, 15) is 19.0 Å². The maximum Gasteiger partial charge on any atom is 0.472 e. The minimum absolute atomic E-state index is 0.0426. The molecule has 288 valence electrons. The summed E-state index contributed by atoms with van der Waals surface area (Å²) in [4.78, 5) is 34.7. The van der Waals surface area contributed by atoms with Crippen LogP contribution in [0, 0.1) is 0 Å². The number of allylic oxidation sites excluding steroid dienone is 10. The van der Waals surface area contributed by atoms with Crippen LogP contribution in [0.5, 0.6) is 0 Å². The zero-order valence-electron chi connectivity index (χ0n) is 31.4. The summed E-state index contributed by atoms with van der Waals surface area (Å²) in [6.45, 7) is 3.52. The molecule has 0 aliphatic rings. The summed E-state index contributed by atoms with van der Waals surface area (Å²) < 4.78 is 32.6. The van der Waals surface area contributed by atoms with E-state index in [1.165, 1.54) is 57.8 Å². The first-order valence-corrected chi connectivity index (χ1v) is 20.8. The number of phosphoric ester groups is 1. The Balaban J connectivity index is 4.34. The smallest absolute Gasteiger partial charge is 0.462 e. The first-order valence-electron chi connectivity index (χ1n) is 19.3. The van der Waals surface area contributed by atoms with Gasteiger partial charge in [-0.2, -0.15) is 0 Å². The van der Waals surface area contributed by atoms with Gasteiger partial charge in [0.1, 0.15) is 6.61 Å². The molecule has 0 bridgehead atoms. The first kappa shape index (κ1) is 47.7. The molecular weight excluding hydrogens is 653 g/mol. The van der Waals surface area contributed by atoms with Crippen LogP contribution in [0.3, 0.4) is 0 Å². The molecule has 9 nitrogen and oxygen atoms in total. The fourth-order valence-corrected chi connectivity index (χ4v) is 5.61. The second-order valence-corrected chi connectivity index (χ2v) is 13.9. The molecular formula is C40H70NO8P. The highest BCUT2D eigenvalue weighted by Gasteiger charge is 2.25. The van der Waals surface area contributed by atoms with Gasteiger partial charge in [0.15, 0.2) is 6.10 Å². The monoisotopic (exact) mass is 723 g/mol. The van der Waals surface area contributed by atoms with E-state index in [2.05, 4.69) is 68.5 Å². The lowest BCUT2D eigenvalue weighted by Gasteiger charge is -2.19. The van der Waals surface area contributed by atoms with Crippen LogP contribution in [0.25, 0.3) is 0 Å². The largest absolute Gasteiger partial charge is 0.472 e. The molecule has 1 unspecified atom stereocenters. The minimum Gasteiger partial charge on any atom is -0.462 e. The molecule has 2 atom stereocenters. The molecule has 3 N–H and O–H groups in total. The summed E-state index contributed by atoms with van der Waals surface area (Å²) >= 11 is 0. The highest BCUT2D eigenvalue weighted by Crippen LogP contribution is 2.43. The Labute approximate surface area is 304 Å². The second-order valence-electron chi connectivity index (χ2n) is 12.4. The van der Waals surface area contributed by atoms with Crippen LogP contribution in [0.15, 0.2) is 60.8 Å². The van der Waals surface area contributed by atoms with Crippen molar-refractivity contribution >= 4 is 19.8 Å². The third-order valence-electron chi connectivity index (χ3n) is 7.67. The van der Waals surface area contributed by atoms with E-state index in [0.29, 0.717) is 12.8 Å². The predicted molar refractivity (Wildman–Crippen MR) is 206 cm³/mol. The SMILES string of the molecule is CCC=CCC=CCC=CCC=CCC=CCCCC(=O)O[C@H](COC(=O)CCCCCCCCCCCCCC)COP(=O)(O)OCCN. The lowest BCUT2D eigenvalue weighted by Crippen LogP contribution is -2.29. The van der Waals surface area contributed by atoms with Gasteiger partial charge < -0.3 is 20.1 Å². The number of carbonyl (C=O) groups is 2. The number of unbranched alkanes of at least 4 members (excludes halogenated alkanes) is 12. The first-order chi connectivity index (χ1) is 24.3. The van der Waals surface area contributed by atoms with E-state index >= 15 is 0 Å². The van der Waals surface area contributed by atoms with Crippen molar-refractivity contribution in [2.75, 3.05) is 26.4 Å². The normalized spacial score (nSPS) is 14.1. The van der Waals surface area contributed by atoms with Crippen LogP contribution < -0.4 is 5.73 Å². The van der Waals surface area contributed by atoms with E-state index in [1.807, 2.05) is 6.08 Å². The van der Waals surface area contributed by atoms with Crippen molar-refractivity contribution in [2.24, 2.45) is 5.73 Å². The number of hydrogen-bond donors (Lipinski definition) is 2. The summed E-state index contributed by atoms with van der Waals surface area (Å²) in [5.74, 6) is -0.901. The fraction of sp³-hybridized carbons (Fsp3) is 0.700. The van der Waals surface area contributed by atoms with Gasteiger partial charge in [-0.25, -0.2) is 4.57 Å². The molecule has 50 heavy (non-hydrogen) atoms. The zero-order valence-corrected chi connectivity index (χ0v) is 32.3. The topological polar surface area (TPSA) is 134 Å². The minimum atomic E-state index is -4.39.